The van der Waals surface area contributed by atoms with Crippen molar-refractivity contribution >= 4 is 35.4 Å². The molecule has 0 radical (unpaired) electrons. The Morgan fingerprint density at radius 3 is 2.27 bits per heavy atom. The molecule has 5 N–H and O–H groups in total. The number of fused-ring (bicyclic) bond motifs is 1. The van der Waals surface area contributed by atoms with E-state index in [1.807, 2.05) is 0 Å². The number of ether oxygens (including phenoxy) is 1. The normalized spacial score (nSPS) is 24.1. The molecule has 0 bridgehead atoms. The molecule has 4 atom stereocenters. The lowest BCUT2D eigenvalue weighted by Gasteiger charge is -2.28. The second kappa shape index (κ2) is 16.1. The van der Waals surface area contributed by atoms with Crippen LogP contribution in [0.4, 0.5) is 0 Å². The molecule has 2 aliphatic rings. The predicted octanol–water partition coefficient (Wildman–Crippen LogP) is 0.483. The molecule has 0 spiro atoms. The number of nitrogens with zero attached hydrogens (tertiary/aromatic N) is 1. The van der Waals surface area contributed by atoms with E-state index in [0.29, 0.717) is 25.9 Å². The van der Waals surface area contributed by atoms with Gasteiger partial charge < -0.3 is 36.2 Å². The fraction of sp³-hybridized carbons (Fsp3) is 0.613. The molecular formula is C31H46N6O7. The minimum absolute atomic E-state index is 0.0346. The molecular weight excluding hydrogens is 568 g/mol. The van der Waals surface area contributed by atoms with E-state index < -0.39 is 60.1 Å². The van der Waals surface area contributed by atoms with Crippen LogP contribution in [0.5, 0.6) is 5.75 Å². The first kappa shape index (κ1) is 34.3. The van der Waals surface area contributed by atoms with Crippen molar-refractivity contribution in [1.29, 1.82) is 0 Å². The minimum Gasteiger partial charge on any atom is -0.491 e. The zero-order valence-electron chi connectivity index (χ0n) is 26.2. The molecule has 0 aromatic heterocycles. The summed E-state index contributed by atoms with van der Waals surface area (Å²) in [5, 5.41) is 13.7. The smallest absolute Gasteiger partial charge is 0.255 e. The van der Waals surface area contributed by atoms with Gasteiger partial charge in [0.1, 0.15) is 30.5 Å². The summed E-state index contributed by atoms with van der Waals surface area (Å²) in [6.07, 6.45) is 1.42. The van der Waals surface area contributed by atoms with Crippen LogP contribution >= 0.6 is 0 Å². The van der Waals surface area contributed by atoms with Gasteiger partial charge in [-0.2, -0.15) is 0 Å². The van der Waals surface area contributed by atoms with E-state index in [0.717, 1.165) is 6.42 Å². The van der Waals surface area contributed by atoms with E-state index in [1.165, 1.54) is 6.07 Å². The van der Waals surface area contributed by atoms with Crippen LogP contribution < -0.4 is 31.3 Å². The van der Waals surface area contributed by atoms with Crippen LogP contribution in [0, 0.1) is 11.8 Å². The van der Waals surface area contributed by atoms with E-state index in [1.54, 1.807) is 57.7 Å². The lowest BCUT2D eigenvalue weighted by atomic mass is 9.99. The molecule has 3 rings (SSSR count). The maximum Gasteiger partial charge on any atom is 0.255 e. The minimum atomic E-state index is -1.26. The third-order valence-electron chi connectivity index (χ3n) is 7.61. The summed E-state index contributed by atoms with van der Waals surface area (Å²) >= 11 is 0. The first-order valence-electron chi connectivity index (χ1n) is 15.4. The number of hydrogen-bond acceptors (Lipinski definition) is 7. The zero-order valence-corrected chi connectivity index (χ0v) is 26.2. The number of likely N-dealkylation sites (tertiary alicyclic amines) is 1. The summed E-state index contributed by atoms with van der Waals surface area (Å²) in [6.45, 7) is 10.3. The third-order valence-corrected chi connectivity index (χ3v) is 7.61. The molecule has 1 fully saturated rings. The Labute approximate surface area is 258 Å². The van der Waals surface area contributed by atoms with Gasteiger partial charge in [0.2, 0.25) is 29.5 Å². The number of amides is 6. The van der Waals surface area contributed by atoms with Crippen LogP contribution in [0.3, 0.4) is 0 Å². The summed E-state index contributed by atoms with van der Waals surface area (Å²) in [5.41, 5.74) is 0.151. The van der Waals surface area contributed by atoms with E-state index in [9.17, 15) is 28.8 Å². The van der Waals surface area contributed by atoms with Gasteiger partial charge in [-0.05, 0) is 43.7 Å². The Morgan fingerprint density at radius 1 is 0.955 bits per heavy atom. The molecule has 1 aromatic rings. The molecule has 2 heterocycles. The summed E-state index contributed by atoms with van der Waals surface area (Å²) in [5.74, 6) is -3.04. The first-order chi connectivity index (χ1) is 20.9. The maximum atomic E-state index is 13.4. The van der Waals surface area contributed by atoms with Crippen LogP contribution in [0.1, 0.15) is 70.7 Å². The number of carbonyl (C=O) groups excluding carboxylic acids is 6. The van der Waals surface area contributed by atoms with Crippen LogP contribution in [-0.2, 0) is 24.0 Å². The largest absolute Gasteiger partial charge is 0.491 e. The summed E-state index contributed by atoms with van der Waals surface area (Å²) in [4.78, 5) is 80.0. The number of rotatable bonds is 7. The van der Waals surface area contributed by atoms with Crippen LogP contribution in [-0.4, -0.2) is 90.8 Å². The standard InChI is InChI=1S/C31H46N6O7/c1-18(2)26-31(43)36-27(19(3)4)30(42)33-20(5)17-44-23-11-7-6-10-21(23)28(40)34-22(16-24(38)35-26)29(41)32-13-9-15-37-14-8-12-25(37)39/h6-7,10-11,18-20,22,26-27H,8-9,12-17H2,1-5H3,(H,32,41)(H,33,42)(H,34,40)(H,35,38)(H,36,43)/t20-,22-,26-,27+/m0/s1. The van der Waals surface area contributed by atoms with Gasteiger partial charge in [0, 0.05) is 26.1 Å². The molecule has 1 aromatic carbocycles. The van der Waals surface area contributed by atoms with Crippen molar-refractivity contribution in [3.8, 4) is 5.75 Å². The van der Waals surface area contributed by atoms with Crippen molar-refractivity contribution < 1.29 is 33.5 Å². The molecule has 44 heavy (non-hydrogen) atoms. The van der Waals surface area contributed by atoms with Crippen molar-refractivity contribution in [3.63, 3.8) is 0 Å². The lowest BCUT2D eigenvalue weighted by Crippen LogP contribution is -2.58. The molecule has 6 amide bonds. The Hall–Kier alpha value is -4.16. The van der Waals surface area contributed by atoms with Crippen molar-refractivity contribution in [1.82, 2.24) is 31.5 Å². The maximum absolute atomic E-state index is 13.4. The Bertz CT molecular complexity index is 1220. The Kier molecular flexibility index (Phi) is 12.5. The van der Waals surface area contributed by atoms with E-state index in [4.69, 9.17) is 4.74 Å². The van der Waals surface area contributed by atoms with Gasteiger partial charge >= 0.3 is 0 Å². The van der Waals surface area contributed by atoms with E-state index in [2.05, 4.69) is 26.6 Å². The van der Waals surface area contributed by atoms with Crippen LogP contribution in [0.2, 0.25) is 0 Å². The molecule has 242 valence electrons. The second-order valence-corrected chi connectivity index (χ2v) is 12.1. The van der Waals surface area contributed by atoms with Crippen molar-refractivity contribution in [3.05, 3.63) is 29.8 Å². The highest BCUT2D eigenvalue weighted by molar-refractivity contribution is 6.01. The summed E-state index contributed by atoms with van der Waals surface area (Å²) < 4.78 is 5.89. The van der Waals surface area contributed by atoms with Crippen LogP contribution in [0.15, 0.2) is 24.3 Å². The number of carbonyl (C=O) groups is 6. The molecule has 13 nitrogen and oxygen atoms in total. The quantitative estimate of drug-likeness (QED) is 0.278. The third kappa shape index (κ3) is 9.68. The van der Waals surface area contributed by atoms with Gasteiger partial charge in [0.05, 0.1) is 18.0 Å². The monoisotopic (exact) mass is 614 g/mol. The van der Waals surface area contributed by atoms with Gasteiger partial charge in [-0.3, -0.25) is 28.8 Å². The average Bonchev–Trinajstić information content (AvgIpc) is 3.38. The highest BCUT2D eigenvalue weighted by atomic mass is 16.5. The SMILES string of the molecule is CC(C)[C@@H]1NC(=O)C[C@@H](C(=O)NCCCN2CCCC2=O)NC(=O)c2ccccc2OC[C@H](C)NC(=O)[C@@H](C(C)C)NC1=O. The molecule has 2 aliphatic heterocycles. The molecule has 0 unspecified atom stereocenters. The Morgan fingerprint density at radius 2 is 1.61 bits per heavy atom. The van der Waals surface area contributed by atoms with Crippen molar-refractivity contribution in [2.45, 2.75) is 84.5 Å². The molecule has 13 heteroatoms. The average molecular weight is 615 g/mol. The number of hydrogen-bond donors (Lipinski definition) is 5. The zero-order chi connectivity index (χ0) is 32.4. The molecule has 0 aliphatic carbocycles. The topological polar surface area (TPSA) is 175 Å². The fourth-order valence-electron chi connectivity index (χ4n) is 5.09. The number of benzene rings is 1. The first-order valence-corrected chi connectivity index (χ1v) is 15.4. The van der Waals surface area contributed by atoms with Crippen LogP contribution in [0.25, 0.3) is 0 Å². The van der Waals surface area contributed by atoms with Gasteiger partial charge in [-0.25, -0.2) is 0 Å². The highest BCUT2D eigenvalue weighted by Gasteiger charge is 2.33. The van der Waals surface area contributed by atoms with Gasteiger partial charge in [0.15, 0.2) is 0 Å². The van der Waals surface area contributed by atoms with Crippen molar-refractivity contribution in [2.24, 2.45) is 11.8 Å². The Balaban J connectivity index is 1.85. The van der Waals surface area contributed by atoms with Gasteiger partial charge in [0.25, 0.3) is 5.91 Å². The summed E-state index contributed by atoms with van der Waals surface area (Å²) in [7, 11) is 0. The highest BCUT2D eigenvalue weighted by Crippen LogP contribution is 2.19. The van der Waals surface area contributed by atoms with E-state index >= 15 is 0 Å². The summed E-state index contributed by atoms with van der Waals surface area (Å²) in [6, 6.07) is 2.88. The molecule has 1 saturated heterocycles. The second-order valence-electron chi connectivity index (χ2n) is 12.1. The molecule has 0 saturated carbocycles. The number of para-hydroxylation sites is 1. The number of nitrogens with one attached hydrogen (secondary N) is 5. The van der Waals surface area contributed by atoms with Gasteiger partial charge in [-0.1, -0.05) is 39.8 Å². The fourth-order valence-corrected chi connectivity index (χ4v) is 5.09. The van der Waals surface area contributed by atoms with Gasteiger partial charge in [-0.15, -0.1) is 0 Å². The lowest BCUT2D eigenvalue weighted by molar-refractivity contribution is -0.134. The van der Waals surface area contributed by atoms with E-state index in [-0.39, 0.29) is 42.2 Å². The predicted molar refractivity (Wildman–Crippen MR) is 162 cm³/mol. The van der Waals surface area contributed by atoms with Crippen molar-refractivity contribution in [2.75, 3.05) is 26.2 Å².